The van der Waals surface area contributed by atoms with E-state index >= 15 is 0 Å². The van der Waals surface area contributed by atoms with E-state index in [2.05, 4.69) is 30.4 Å². The Hall–Kier alpha value is -3.15. The maximum atomic E-state index is 13.1. The summed E-state index contributed by atoms with van der Waals surface area (Å²) in [6.07, 6.45) is 0.932. The van der Waals surface area contributed by atoms with Gasteiger partial charge in [-0.05, 0) is 56.0 Å². The number of anilines is 1. The number of amides is 1. The van der Waals surface area contributed by atoms with Crippen molar-refractivity contribution in [3.05, 3.63) is 68.9 Å². The highest BCUT2D eigenvalue weighted by atomic mass is 16.6. The first-order valence-electron chi connectivity index (χ1n) is 9.05. The molecule has 0 saturated heterocycles. The Bertz CT molecular complexity index is 1050. The molecule has 0 aliphatic rings. The van der Waals surface area contributed by atoms with E-state index in [1.165, 1.54) is 17.7 Å². The van der Waals surface area contributed by atoms with Gasteiger partial charge in [0.05, 0.1) is 10.6 Å². The lowest BCUT2D eigenvalue weighted by Gasteiger charge is -2.11. The number of nitro benzene ring substituents is 1. The molecule has 6 heteroatoms. The number of nitro groups is 1. The van der Waals surface area contributed by atoms with Crippen LogP contribution in [0.3, 0.4) is 0 Å². The summed E-state index contributed by atoms with van der Waals surface area (Å²) in [5.74, 6) is -0.257. The molecule has 0 atom stereocenters. The van der Waals surface area contributed by atoms with Gasteiger partial charge in [0.1, 0.15) is 5.69 Å². The molecular formula is C21H23N3O3. The van der Waals surface area contributed by atoms with Crippen LogP contribution in [-0.2, 0) is 13.0 Å². The van der Waals surface area contributed by atoms with E-state index in [1.807, 2.05) is 25.3 Å². The summed E-state index contributed by atoms with van der Waals surface area (Å²) in [5.41, 5.74) is 4.94. The average Bonchev–Trinajstić information content (AvgIpc) is 2.94. The number of fused-ring (bicyclic) bond motifs is 1. The summed E-state index contributed by atoms with van der Waals surface area (Å²) in [6, 6.07) is 10.7. The van der Waals surface area contributed by atoms with Crippen molar-refractivity contribution in [1.29, 1.82) is 0 Å². The summed E-state index contributed by atoms with van der Waals surface area (Å²) in [6.45, 7) is 8.53. The minimum absolute atomic E-state index is 0.0451. The third-order valence-electron chi connectivity index (χ3n) is 5.00. The zero-order chi connectivity index (χ0) is 19.7. The zero-order valence-electron chi connectivity index (χ0n) is 16.0. The number of non-ortho nitro benzene ring substituents is 1. The van der Waals surface area contributed by atoms with Gasteiger partial charge in [0.15, 0.2) is 0 Å². The van der Waals surface area contributed by atoms with Gasteiger partial charge in [-0.3, -0.25) is 14.9 Å². The standard InChI is InChI=1S/C21H23N3O3/c1-5-15-8-10-19-17(11-15)14(4)20(23(19)6-2)21(25)22-18-12-16(24(26)27)9-7-13(18)3/h7-12H,5-6H2,1-4H3,(H,22,25). The van der Waals surface area contributed by atoms with Crippen LogP contribution in [0.5, 0.6) is 0 Å². The van der Waals surface area contributed by atoms with E-state index in [1.54, 1.807) is 6.07 Å². The molecule has 0 saturated carbocycles. The maximum absolute atomic E-state index is 13.1. The van der Waals surface area contributed by atoms with E-state index < -0.39 is 4.92 Å². The topological polar surface area (TPSA) is 77.2 Å². The number of benzene rings is 2. The van der Waals surface area contributed by atoms with Crippen LogP contribution in [0.15, 0.2) is 36.4 Å². The van der Waals surface area contributed by atoms with E-state index in [0.717, 1.165) is 28.5 Å². The van der Waals surface area contributed by atoms with Gasteiger partial charge < -0.3 is 9.88 Å². The third-order valence-corrected chi connectivity index (χ3v) is 5.00. The Kier molecular flexibility index (Phi) is 4.99. The summed E-state index contributed by atoms with van der Waals surface area (Å²) >= 11 is 0. The van der Waals surface area contributed by atoms with Crippen molar-refractivity contribution in [3.8, 4) is 0 Å². The Morgan fingerprint density at radius 1 is 1.15 bits per heavy atom. The lowest BCUT2D eigenvalue weighted by molar-refractivity contribution is -0.384. The van der Waals surface area contributed by atoms with E-state index in [0.29, 0.717) is 17.9 Å². The highest BCUT2D eigenvalue weighted by Crippen LogP contribution is 2.29. The van der Waals surface area contributed by atoms with Crippen molar-refractivity contribution in [2.75, 3.05) is 5.32 Å². The Morgan fingerprint density at radius 3 is 2.52 bits per heavy atom. The Labute approximate surface area is 158 Å². The number of carbonyl (C=O) groups is 1. The molecule has 0 aliphatic heterocycles. The van der Waals surface area contributed by atoms with Crippen molar-refractivity contribution < 1.29 is 9.72 Å². The molecule has 1 aromatic heterocycles. The maximum Gasteiger partial charge on any atom is 0.272 e. The molecule has 140 valence electrons. The summed E-state index contributed by atoms with van der Waals surface area (Å²) in [4.78, 5) is 23.6. The van der Waals surface area contributed by atoms with Gasteiger partial charge in [0.25, 0.3) is 11.6 Å². The van der Waals surface area contributed by atoms with Crippen molar-refractivity contribution in [2.24, 2.45) is 0 Å². The molecule has 0 spiro atoms. The molecule has 6 nitrogen and oxygen atoms in total. The minimum atomic E-state index is -0.463. The lowest BCUT2D eigenvalue weighted by atomic mass is 10.1. The second-order valence-corrected chi connectivity index (χ2v) is 6.63. The summed E-state index contributed by atoms with van der Waals surface area (Å²) in [5, 5.41) is 15.0. The molecule has 27 heavy (non-hydrogen) atoms. The van der Waals surface area contributed by atoms with Crippen LogP contribution >= 0.6 is 0 Å². The average molecular weight is 365 g/mol. The molecule has 0 unspecified atom stereocenters. The zero-order valence-corrected chi connectivity index (χ0v) is 16.0. The molecule has 1 N–H and O–H groups in total. The second kappa shape index (κ2) is 7.23. The molecule has 2 aromatic carbocycles. The fourth-order valence-corrected chi connectivity index (χ4v) is 3.45. The fraction of sp³-hybridized carbons (Fsp3) is 0.286. The number of hydrogen-bond donors (Lipinski definition) is 1. The smallest absolute Gasteiger partial charge is 0.272 e. The molecule has 0 radical (unpaired) electrons. The van der Waals surface area contributed by atoms with E-state index in [9.17, 15) is 14.9 Å². The van der Waals surface area contributed by atoms with Crippen LogP contribution < -0.4 is 5.32 Å². The Morgan fingerprint density at radius 2 is 1.89 bits per heavy atom. The number of nitrogens with one attached hydrogen (secondary N) is 1. The predicted octanol–water partition coefficient (Wildman–Crippen LogP) is 5.00. The molecule has 3 aromatic rings. The lowest BCUT2D eigenvalue weighted by Crippen LogP contribution is -2.18. The highest BCUT2D eigenvalue weighted by molar-refractivity contribution is 6.08. The number of carbonyl (C=O) groups excluding carboxylic acids is 1. The van der Waals surface area contributed by atoms with Crippen LogP contribution in [0.1, 0.15) is 41.0 Å². The number of nitrogens with zero attached hydrogens (tertiary/aromatic N) is 2. The first kappa shape index (κ1) is 18.6. The summed E-state index contributed by atoms with van der Waals surface area (Å²) < 4.78 is 1.99. The number of hydrogen-bond acceptors (Lipinski definition) is 3. The molecule has 1 heterocycles. The van der Waals surface area contributed by atoms with E-state index in [-0.39, 0.29) is 11.6 Å². The summed E-state index contributed by atoms with van der Waals surface area (Å²) in [7, 11) is 0. The second-order valence-electron chi connectivity index (χ2n) is 6.63. The highest BCUT2D eigenvalue weighted by Gasteiger charge is 2.21. The first-order chi connectivity index (χ1) is 12.9. The van der Waals surface area contributed by atoms with Crippen molar-refractivity contribution in [2.45, 2.75) is 40.7 Å². The van der Waals surface area contributed by atoms with Gasteiger partial charge in [0.2, 0.25) is 0 Å². The van der Waals surface area contributed by atoms with Gasteiger partial charge in [-0.2, -0.15) is 0 Å². The van der Waals surface area contributed by atoms with Gasteiger partial charge in [-0.15, -0.1) is 0 Å². The third kappa shape index (κ3) is 3.30. The molecule has 0 fully saturated rings. The predicted molar refractivity (Wildman–Crippen MR) is 108 cm³/mol. The van der Waals surface area contributed by atoms with Gasteiger partial charge in [0, 0.05) is 29.6 Å². The van der Waals surface area contributed by atoms with Crippen LogP contribution in [0.2, 0.25) is 0 Å². The number of aryl methyl sites for hydroxylation is 4. The van der Waals surface area contributed by atoms with Crippen LogP contribution in [0, 0.1) is 24.0 Å². The van der Waals surface area contributed by atoms with Crippen LogP contribution in [0.25, 0.3) is 10.9 Å². The van der Waals surface area contributed by atoms with Gasteiger partial charge in [-0.1, -0.05) is 19.1 Å². The van der Waals surface area contributed by atoms with Crippen LogP contribution in [0.4, 0.5) is 11.4 Å². The van der Waals surface area contributed by atoms with Crippen molar-refractivity contribution in [1.82, 2.24) is 4.57 Å². The first-order valence-corrected chi connectivity index (χ1v) is 9.05. The monoisotopic (exact) mass is 365 g/mol. The number of rotatable bonds is 5. The quantitative estimate of drug-likeness (QED) is 0.510. The SMILES string of the molecule is CCc1ccc2c(c1)c(C)c(C(=O)Nc1cc([N+](=O)[O-])ccc1C)n2CC. The molecular weight excluding hydrogens is 342 g/mol. The largest absolute Gasteiger partial charge is 0.337 e. The normalized spacial score (nSPS) is 11.0. The van der Waals surface area contributed by atoms with Crippen LogP contribution in [-0.4, -0.2) is 15.4 Å². The number of aromatic nitrogens is 1. The molecule has 1 amide bonds. The molecule has 0 bridgehead atoms. The molecule has 3 rings (SSSR count). The Balaban J connectivity index is 2.07. The van der Waals surface area contributed by atoms with Crippen molar-refractivity contribution >= 4 is 28.2 Å². The molecule has 0 aliphatic carbocycles. The van der Waals surface area contributed by atoms with E-state index in [4.69, 9.17) is 0 Å². The van der Waals surface area contributed by atoms with Crippen molar-refractivity contribution in [3.63, 3.8) is 0 Å². The van der Waals surface area contributed by atoms with Gasteiger partial charge >= 0.3 is 0 Å². The minimum Gasteiger partial charge on any atom is -0.337 e. The fourth-order valence-electron chi connectivity index (χ4n) is 3.45. The van der Waals surface area contributed by atoms with Gasteiger partial charge in [-0.25, -0.2) is 0 Å².